The lowest BCUT2D eigenvalue weighted by Crippen LogP contribution is -2.09. The van der Waals surface area contributed by atoms with Crippen molar-refractivity contribution < 1.29 is 9.13 Å². The fourth-order valence-electron chi connectivity index (χ4n) is 1.87. The summed E-state index contributed by atoms with van der Waals surface area (Å²) in [6.45, 7) is 4.65. The first-order valence-corrected chi connectivity index (χ1v) is 6.79. The van der Waals surface area contributed by atoms with Gasteiger partial charge in [0.1, 0.15) is 5.82 Å². The highest BCUT2D eigenvalue weighted by Gasteiger charge is 2.05. The predicted molar refractivity (Wildman–Crippen MR) is 73.8 cm³/mol. The van der Waals surface area contributed by atoms with Crippen molar-refractivity contribution in [1.29, 1.82) is 0 Å². The maximum Gasteiger partial charge on any atom is 0.123 e. The van der Waals surface area contributed by atoms with E-state index in [1.54, 1.807) is 6.07 Å². The smallest absolute Gasteiger partial charge is 0.123 e. The fourth-order valence-corrected chi connectivity index (χ4v) is 1.87. The summed E-state index contributed by atoms with van der Waals surface area (Å²) in [5.41, 5.74) is 7.09. The highest BCUT2D eigenvalue weighted by Crippen LogP contribution is 2.16. The van der Waals surface area contributed by atoms with Crippen molar-refractivity contribution in [3.8, 4) is 0 Å². The van der Waals surface area contributed by atoms with Gasteiger partial charge in [-0.1, -0.05) is 32.6 Å². The van der Waals surface area contributed by atoms with Crippen LogP contribution in [0, 0.1) is 5.82 Å². The molecule has 2 nitrogen and oxygen atoms in total. The maximum absolute atomic E-state index is 13.0. The molecule has 1 atom stereocenters. The molecule has 1 rings (SSSR count). The molecule has 0 radical (unpaired) electrons. The molecule has 2 N–H and O–H groups in total. The number of rotatable bonds is 8. The summed E-state index contributed by atoms with van der Waals surface area (Å²) in [6, 6.07) is 4.39. The van der Waals surface area contributed by atoms with Crippen molar-refractivity contribution >= 4 is 5.69 Å². The Kier molecular flexibility index (Phi) is 6.73. The molecule has 0 fully saturated rings. The molecule has 18 heavy (non-hydrogen) atoms. The van der Waals surface area contributed by atoms with Gasteiger partial charge in [-0.2, -0.15) is 0 Å². The maximum atomic E-state index is 13.0. The van der Waals surface area contributed by atoms with Crippen LogP contribution in [0.15, 0.2) is 18.2 Å². The summed E-state index contributed by atoms with van der Waals surface area (Å²) < 4.78 is 18.7. The summed E-state index contributed by atoms with van der Waals surface area (Å²) in [5, 5.41) is 0. The van der Waals surface area contributed by atoms with Crippen LogP contribution in [0.4, 0.5) is 10.1 Å². The number of benzene rings is 1. The van der Waals surface area contributed by atoms with E-state index in [1.807, 2.05) is 0 Å². The third-order valence-electron chi connectivity index (χ3n) is 3.09. The van der Waals surface area contributed by atoms with Gasteiger partial charge < -0.3 is 10.5 Å². The minimum Gasteiger partial charge on any atom is -0.398 e. The number of nitrogen functional groups attached to an aromatic ring is 1. The van der Waals surface area contributed by atoms with Crippen LogP contribution >= 0.6 is 0 Å². The molecule has 1 unspecified atom stereocenters. The molecule has 1 aromatic rings. The molecule has 1 aromatic carbocycles. The summed E-state index contributed by atoms with van der Waals surface area (Å²) in [6.07, 6.45) is 6.22. The number of anilines is 1. The lowest BCUT2D eigenvalue weighted by Gasteiger charge is -2.14. The van der Waals surface area contributed by atoms with E-state index in [4.69, 9.17) is 10.5 Å². The summed E-state index contributed by atoms with van der Waals surface area (Å²) in [4.78, 5) is 0. The fraction of sp³-hybridized carbons (Fsp3) is 0.600. The third kappa shape index (κ3) is 5.50. The van der Waals surface area contributed by atoms with Crippen LogP contribution in [-0.4, -0.2) is 6.10 Å². The monoisotopic (exact) mass is 253 g/mol. The van der Waals surface area contributed by atoms with Crippen LogP contribution in [0.5, 0.6) is 0 Å². The quantitative estimate of drug-likeness (QED) is 0.554. The zero-order valence-corrected chi connectivity index (χ0v) is 11.4. The topological polar surface area (TPSA) is 35.2 Å². The Hall–Kier alpha value is -1.09. The molecule has 0 aromatic heterocycles. The molecule has 0 spiro atoms. The van der Waals surface area contributed by atoms with Gasteiger partial charge in [-0.25, -0.2) is 4.39 Å². The SMILES string of the molecule is CCCCCCC(C)OCc1cc(F)ccc1N. The molecule has 0 saturated carbocycles. The minimum atomic E-state index is -0.265. The second-order valence-electron chi connectivity index (χ2n) is 4.81. The molecule has 102 valence electrons. The van der Waals surface area contributed by atoms with Crippen molar-refractivity contribution in [3.05, 3.63) is 29.6 Å². The molecular weight excluding hydrogens is 229 g/mol. The van der Waals surface area contributed by atoms with E-state index >= 15 is 0 Å². The number of nitrogens with two attached hydrogens (primary N) is 1. The van der Waals surface area contributed by atoms with E-state index in [0.29, 0.717) is 12.3 Å². The minimum absolute atomic E-state index is 0.199. The molecule has 0 heterocycles. The molecular formula is C15H24FNO. The van der Waals surface area contributed by atoms with Gasteiger partial charge in [-0.3, -0.25) is 0 Å². The first kappa shape index (κ1) is 15.0. The Bertz CT molecular complexity index is 354. The van der Waals surface area contributed by atoms with Crippen LogP contribution in [0.25, 0.3) is 0 Å². The molecule has 0 bridgehead atoms. The Morgan fingerprint density at radius 2 is 2.06 bits per heavy atom. The van der Waals surface area contributed by atoms with Crippen molar-refractivity contribution in [2.75, 3.05) is 5.73 Å². The largest absolute Gasteiger partial charge is 0.398 e. The Morgan fingerprint density at radius 3 is 2.78 bits per heavy atom. The third-order valence-corrected chi connectivity index (χ3v) is 3.09. The second-order valence-corrected chi connectivity index (χ2v) is 4.81. The van der Waals surface area contributed by atoms with Crippen molar-refractivity contribution in [2.24, 2.45) is 0 Å². The first-order valence-electron chi connectivity index (χ1n) is 6.79. The molecule has 0 saturated heterocycles. The van der Waals surface area contributed by atoms with Crippen LogP contribution in [-0.2, 0) is 11.3 Å². The average Bonchev–Trinajstić information content (AvgIpc) is 2.36. The lowest BCUT2D eigenvalue weighted by molar-refractivity contribution is 0.0461. The molecule has 0 aliphatic rings. The number of ether oxygens (including phenoxy) is 1. The van der Waals surface area contributed by atoms with Gasteiger partial charge in [-0.15, -0.1) is 0 Å². The van der Waals surface area contributed by atoms with E-state index < -0.39 is 0 Å². The van der Waals surface area contributed by atoms with Gasteiger partial charge in [0.2, 0.25) is 0 Å². The molecule has 0 aliphatic heterocycles. The first-order chi connectivity index (χ1) is 8.63. The van der Waals surface area contributed by atoms with Gasteiger partial charge in [0.05, 0.1) is 12.7 Å². The van der Waals surface area contributed by atoms with Gasteiger partial charge in [0.15, 0.2) is 0 Å². The zero-order valence-electron chi connectivity index (χ0n) is 11.4. The van der Waals surface area contributed by atoms with Crippen LogP contribution in [0.3, 0.4) is 0 Å². The van der Waals surface area contributed by atoms with E-state index in [-0.39, 0.29) is 11.9 Å². The highest BCUT2D eigenvalue weighted by atomic mass is 19.1. The molecule has 0 amide bonds. The van der Waals surface area contributed by atoms with Crippen LogP contribution in [0.2, 0.25) is 0 Å². The van der Waals surface area contributed by atoms with Gasteiger partial charge in [0, 0.05) is 11.3 Å². The summed E-state index contributed by atoms with van der Waals surface area (Å²) >= 11 is 0. The van der Waals surface area contributed by atoms with Gasteiger partial charge in [-0.05, 0) is 31.5 Å². The standard InChI is InChI=1S/C15H24FNO/c1-3-4-5-6-7-12(2)18-11-13-10-14(16)8-9-15(13)17/h8-10,12H,3-7,11,17H2,1-2H3. The van der Waals surface area contributed by atoms with E-state index in [9.17, 15) is 4.39 Å². The average molecular weight is 253 g/mol. The van der Waals surface area contributed by atoms with Crippen LogP contribution < -0.4 is 5.73 Å². The Balaban J connectivity index is 2.29. The second kappa shape index (κ2) is 8.09. The van der Waals surface area contributed by atoms with Gasteiger partial charge >= 0.3 is 0 Å². The number of unbranched alkanes of at least 4 members (excludes halogenated alkanes) is 3. The number of hydrogen-bond donors (Lipinski definition) is 1. The summed E-state index contributed by atoms with van der Waals surface area (Å²) in [7, 11) is 0. The molecule has 3 heteroatoms. The van der Waals surface area contributed by atoms with Crippen molar-refractivity contribution in [3.63, 3.8) is 0 Å². The normalized spacial score (nSPS) is 12.6. The Morgan fingerprint density at radius 1 is 1.28 bits per heavy atom. The summed E-state index contributed by atoms with van der Waals surface area (Å²) in [5.74, 6) is -0.265. The van der Waals surface area contributed by atoms with Crippen LogP contribution in [0.1, 0.15) is 51.5 Å². The van der Waals surface area contributed by atoms with E-state index in [0.717, 1.165) is 12.0 Å². The van der Waals surface area contributed by atoms with E-state index in [1.165, 1.54) is 37.8 Å². The Labute approximate surface area is 109 Å². The van der Waals surface area contributed by atoms with Crippen molar-refractivity contribution in [2.45, 2.75) is 58.7 Å². The molecule has 0 aliphatic carbocycles. The lowest BCUT2D eigenvalue weighted by atomic mass is 10.1. The number of halogens is 1. The van der Waals surface area contributed by atoms with E-state index in [2.05, 4.69) is 13.8 Å². The zero-order chi connectivity index (χ0) is 13.4. The number of hydrogen-bond acceptors (Lipinski definition) is 2. The van der Waals surface area contributed by atoms with Crippen molar-refractivity contribution in [1.82, 2.24) is 0 Å². The highest BCUT2D eigenvalue weighted by molar-refractivity contribution is 5.46. The van der Waals surface area contributed by atoms with Gasteiger partial charge in [0.25, 0.3) is 0 Å². The predicted octanol–water partition coefficient (Wildman–Crippen LogP) is 4.28.